The van der Waals surface area contributed by atoms with Crippen LogP contribution < -0.4 is 21.9 Å². The van der Waals surface area contributed by atoms with Gasteiger partial charge in [0.2, 0.25) is 5.79 Å². The van der Waals surface area contributed by atoms with Crippen molar-refractivity contribution in [1.82, 2.24) is 21.0 Å². The number of rotatable bonds is 3. The maximum atomic E-state index is 6.48. The number of aromatic nitrogens is 2. The van der Waals surface area contributed by atoms with Crippen molar-refractivity contribution < 1.29 is 0 Å². The molecule has 0 bridgehead atoms. The average Bonchev–Trinajstić information content (AvgIpc) is 3.18. The Bertz CT molecular complexity index is 895. The fraction of sp³-hybridized carbons (Fsp3) is 0.188. The van der Waals surface area contributed by atoms with Gasteiger partial charge in [-0.15, -0.1) is 0 Å². The van der Waals surface area contributed by atoms with Crippen LogP contribution in [-0.2, 0) is 6.42 Å². The summed E-state index contributed by atoms with van der Waals surface area (Å²) in [4.78, 5) is 9.24. The predicted octanol–water partition coefficient (Wildman–Crippen LogP) is 1.55. The van der Waals surface area contributed by atoms with Crippen LogP contribution in [0.25, 0.3) is 0 Å². The number of nitrogens with one attached hydrogen (secondary N) is 4. The second-order valence-electron chi connectivity index (χ2n) is 5.99. The van der Waals surface area contributed by atoms with E-state index in [-0.39, 0.29) is 0 Å². The molecule has 2 aliphatic heterocycles. The summed E-state index contributed by atoms with van der Waals surface area (Å²) in [5, 5.41) is 10.3. The van der Waals surface area contributed by atoms with Crippen molar-refractivity contribution in [3.8, 4) is 0 Å². The Morgan fingerprint density at radius 1 is 1.24 bits per heavy atom. The number of aliphatic imine (C=N–C) groups is 2. The molecule has 2 aliphatic rings. The molecule has 4 rings (SSSR count). The van der Waals surface area contributed by atoms with Gasteiger partial charge in [0, 0.05) is 28.9 Å². The summed E-state index contributed by atoms with van der Waals surface area (Å²) in [6.07, 6.45) is 2.27. The van der Waals surface area contributed by atoms with Crippen LogP contribution in [0.3, 0.4) is 0 Å². The van der Waals surface area contributed by atoms with Gasteiger partial charge in [-0.05, 0) is 24.6 Å². The molecule has 2 aromatic rings. The first-order chi connectivity index (χ1) is 12.0. The summed E-state index contributed by atoms with van der Waals surface area (Å²) >= 11 is 3.44. The number of benzene rings is 1. The van der Waals surface area contributed by atoms with E-state index in [1.54, 1.807) is 6.20 Å². The molecule has 3 heterocycles. The van der Waals surface area contributed by atoms with Crippen LogP contribution in [-0.4, -0.2) is 27.7 Å². The largest absolute Gasteiger partial charge is 0.323 e. The van der Waals surface area contributed by atoms with Gasteiger partial charge in [0.15, 0.2) is 11.7 Å². The van der Waals surface area contributed by atoms with Gasteiger partial charge < -0.3 is 10.7 Å². The molecule has 0 saturated carbocycles. The maximum absolute atomic E-state index is 6.48. The number of aryl methyl sites for hydroxylation is 1. The zero-order chi connectivity index (χ0) is 17.4. The number of H-pyrrole nitrogens is 1. The molecular weight excluding hydrogens is 384 g/mol. The van der Waals surface area contributed by atoms with E-state index in [0.717, 1.165) is 21.3 Å². The van der Waals surface area contributed by atoms with E-state index in [1.165, 1.54) is 0 Å². The average molecular weight is 401 g/mol. The van der Waals surface area contributed by atoms with Crippen LogP contribution >= 0.6 is 15.9 Å². The normalized spacial score (nSPS) is 21.5. The number of nitrogens with two attached hydrogens (primary N) is 1. The highest BCUT2D eigenvalue weighted by atomic mass is 79.9. The van der Waals surface area contributed by atoms with Gasteiger partial charge >= 0.3 is 0 Å². The van der Waals surface area contributed by atoms with Crippen LogP contribution in [0.5, 0.6) is 0 Å². The fourth-order valence-corrected chi connectivity index (χ4v) is 3.00. The Balaban J connectivity index is 1.65. The predicted molar refractivity (Wildman–Crippen MR) is 101 cm³/mol. The molecule has 25 heavy (non-hydrogen) atoms. The second-order valence-corrected chi connectivity index (χ2v) is 6.91. The first kappa shape index (κ1) is 15.9. The lowest BCUT2D eigenvalue weighted by molar-refractivity contribution is 0.462. The van der Waals surface area contributed by atoms with Gasteiger partial charge in [-0.25, -0.2) is 9.98 Å². The number of fused-ring (bicyclic) bond motifs is 1. The Hall–Kier alpha value is -2.65. The Labute approximate surface area is 152 Å². The summed E-state index contributed by atoms with van der Waals surface area (Å²) in [6.45, 7) is 1.94. The van der Waals surface area contributed by atoms with Gasteiger partial charge in [-0.2, -0.15) is 5.10 Å². The molecule has 1 atom stereocenters. The van der Waals surface area contributed by atoms with Crippen molar-refractivity contribution in [3.63, 3.8) is 0 Å². The molecule has 0 spiro atoms. The van der Waals surface area contributed by atoms with Crippen molar-refractivity contribution in [2.24, 2.45) is 15.7 Å². The number of hydrogen-bond donors (Lipinski definition) is 5. The molecule has 0 fully saturated rings. The molecule has 0 amide bonds. The highest BCUT2D eigenvalue weighted by Crippen LogP contribution is 2.24. The minimum Gasteiger partial charge on any atom is -0.323 e. The molecule has 1 aromatic heterocycles. The van der Waals surface area contributed by atoms with Gasteiger partial charge in [0.05, 0.1) is 5.57 Å². The first-order valence-electron chi connectivity index (χ1n) is 7.75. The Morgan fingerprint density at radius 2 is 2.04 bits per heavy atom. The molecule has 0 radical (unpaired) electrons. The fourth-order valence-electron chi connectivity index (χ4n) is 2.73. The number of amidine groups is 2. The molecule has 1 aromatic carbocycles. The number of halogens is 1. The van der Waals surface area contributed by atoms with Crippen molar-refractivity contribution in [3.05, 3.63) is 57.8 Å². The molecule has 128 valence electrons. The summed E-state index contributed by atoms with van der Waals surface area (Å²) < 4.78 is 1.02. The summed E-state index contributed by atoms with van der Waals surface area (Å²) in [5.74, 6) is 0.849. The highest BCUT2D eigenvalue weighted by molar-refractivity contribution is 9.10. The lowest BCUT2D eigenvalue weighted by Gasteiger charge is -2.27. The Kier molecular flexibility index (Phi) is 3.81. The lowest BCUT2D eigenvalue weighted by Crippen LogP contribution is -2.47. The third-order valence-corrected chi connectivity index (χ3v) is 4.39. The van der Waals surface area contributed by atoms with E-state index in [4.69, 9.17) is 5.73 Å². The quantitative estimate of drug-likeness (QED) is 0.535. The van der Waals surface area contributed by atoms with Crippen LogP contribution in [0.4, 0.5) is 5.82 Å². The van der Waals surface area contributed by atoms with E-state index in [0.29, 0.717) is 23.9 Å². The maximum Gasteiger partial charge on any atom is 0.210 e. The molecular formula is C16H17BrN8. The molecule has 0 saturated heterocycles. The molecule has 1 unspecified atom stereocenters. The number of hydrazine groups is 1. The number of anilines is 1. The van der Waals surface area contributed by atoms with Crippen LogP contribution in [0.2, 0.25) is 0 Å². The van der Waals surface area contributed by atoms with E-state index >= 15 is 0 Å². The van der Waals surface area contributed by atoms with Gasteiger partial charge in [-0.3, -0.25) is 16.3 Å². The van der Waals surface area contributed by atoms with Crippen molar-refractivity contribution in [2.75, 3.05) is 5.32 Å². The molecule has 0 aliphatic carbocycles. The van der Waals surface area contributed by atoms with Gasteiger partial charge in [-0.1, -0.05) is 28.1 Å². The Morgan fingerprint density at radius 3 is 2.76 bits per heavy atom. The van der Waals surface area contributed by atoms with E-state index < -0.39 is 5.79 Å². The first-order valence-corrected chi connectivity index (χ1v) is 8.55. The SMILES string of the molecule is Cc1cc(NC2=NC(N)(Cc3ccc(Br)cc3)N=C3NNC=C32)n[nH]1. The number of hydrogen-bond acceptors (Lipinski definition) is 7. The summed E-state index contributed by atoms with van der Waals surface area (Å²) in [7, 11) is 0. The third kappa shape index (κ3) is 3.28. The highest BCUT2D eigenvalue weighted by Gasteiger charge is 2.34. The summed E-state index contributed by atoms with van der Waals surface area (Å²) in [6, 6.07) is 9.86. The van der Waals surface area contributed by atoms with Gasteiger partial charge in [0.25, 0.3) is 0 Å². The number of nitrogens with zero attached hydrogens (tertiary/aromatic N) is 3. The van der Waals surface area contributed by atoms with Crippen LogP contribution in [0, 0.1) is 6.92 Å². The molecule has 6 N–H and O–H groups in total. The lowest BCUT2D eigenvalue weighted by atomic mass is 10.1. The monoisotopic (exact) mass is 400 g/mol. The van der Waals surface area contributed by atoms with Crippen LogP contribution in [0.15, 0.2) is 56.6 Å². The van der Waals surface area contributed by atoms with Crippen molar-refractivity contribution in [1.29, 1.82) is 0 Å². The smallest absolute Gasteiger partial charge is 0.210 e. The minimum absolute atomic E-state index is 0.476. The molecule has 8 nitrogen and oxygen atoms in total. The zero-order valence-corrected chi connectivity index (χ0v) is 15.1. The van der Waals surface area contributed by atoms with Gasteiger partial charge in [0.1, 0.15) is 5.84 Å². The van der Waals surface area contributed by atoms with E-state index in [2.05, 4.69) is 52.3 Å². The standard InChI is InChI=1S/C16H17BrN8/c1-9-6-13(24-23-9)20-14-12-8-19-25-15(12)22-16(18,21-14)7-10-2-4-11(17)5-3-10/h2-6,8H,7,18H2,1H3,(H2,19,22,25)(H2,20,21,23,24). The topological polar surface area (TPSA) is 116 Å². The minimum atomic E-state index is -1.10. The second kappa shape index (κ2) is 6.01. The third-order valence-electron chi connectivity index (χ3n) is 3.86. The van der Waals surface area contributed by atoms with E-state index in [9.17, 15) is 0 Å². The summed E-state index contributed by atoms with van der Waals surface area (Å²) in [5.41, 5.74) is 15.2. The van der Waals surface area contributed by atoms with E-state index in [1.807, 2.05) is 37.3 Å². The zero-order valence-electron chi connectivity index (χ0n) is 13.5. The molecule has 9 heteroatoms. The van der Waals surface area contributed by atoms with Crippen LogP contribution in [0.1, 0.15) is 11.3 Å². The number of aromatic amines is 1. The van der Waals surface area contributed by atoms with Crippen molar-refractivity contribution >= 4 is 33.4 Å². The van der Waals surface area contributed by atoms with Crippen molar-refractivity contribution in [2.45, 2.75) is 19.1 Å².